The monoisotopic (exact) mass is 392 g/mol. The molecule has 2 unspecified atom stereocenters. The first-order valence-corrected chi connectivity index (χ1v) is 9.50. The molecule has 1 N–H and O–H groups in total. The number of amides is 2. The summed E-state index contributed by atoms with van der Waals surface area (Å²) < 4.78 is 18.8. The second-order valence-electron chi connectivity index (χ2n) is 7.42. The Morgan fingerprint density at radius 2 is 1.82 bits per heavy atom. The number of hydrogen-bond donors (Lipinski definition) is 1. The zero-order chi connectivity index (χ0) is 20.3. The molecule has 152 valence electrons. The first-order valence-electron chi connectivity index (χ1n) is 9.50. The maximum atomic E-state index is 13.0. The van der Waals surface area contributed by atoms with Crippen LogP contribution in [-0.2, 0) is 25.7 Å². The highest BCUT2D eigenvalue weighted by molar-refractivity contribution is 5.86. The highest BCUT2D eigenvalue weighted by Crippen LogP contribution is 2.27. The van der Waals surface area contributed by atoms with Gasteiger partial charge in [-0.3, -0.25) is 9.59 Å². The van der Waals surface area contributed by atoms with Crippen molar-refractivity contribution in [1.29, 1.82) is 0 Å². The van der Waals surface area contributed by atoms with Gasteiger partial charge in [0.1, 0.15) is 11.9 Å². The van der Waals surface area contributed by atoms with Crippen molar-refractivity contribution >= 4 is 17.8 Å². The molecule has 1 aromatic rings. The number of aliphatic carboxylic acids is 1. The lowest BCUT2D eigenvalue weighted by atomic mass is 9.95. The number of hydrogen-bond acceptors (Lipinski definition) is 4. The standard InChI is InChI=1S/C20H25FN2O5/c1-13(24)22-8-6-15(7-9-22)19(25)23-11-17(10-18(23)20(26)27)28-12-14-2-4-16(21)5-3-14/h2-5,15,17-18H,6-12H2,1H3,(H,26,27). The average molecular weight is 392 g/mol. The summed E-state index contributed by atoms with van der Waals surface area (Å²) in [7, 11) is 0. The van der Waals surface area contributed by atoms with Gasteiger partial charge in [0.05, 0.1) is 12.7 Å². The SMILES string of the molecule is CC(=O)N1CCC(C(=O)N2CC(OCc3ccc(F)cc3)CC2C(=O)O)CC1. The van der Waals surface area contributed by atoms with Crippen LogP contribution in [0, 0.1) is 11.7 Å². The van der Waals surface area contributed by atoms with Crippen LogP contribution < -0.4 is 0 Å². The highest BCUT2D eigenvalue weighted by Gasteiger charge is 2.42. The number of likely N-dealkylation sites (tertiary alicyclic amines) is 2. The molecule has 2 heterocycles. The predicted octanol–water partition coefficient (Wildman–Crippen LogP) is 1.65. The second kappa shape index (κ2) is 8.68. The maximum absolute atomic E-state index is 13.0. The van der Waals surface area contributed by atoms with Crippen molar-refractivity contribution in [2.24, 2.45) is 5.92 Å². The van der Waals surface area contributed by atoms with Gasteiger partial charge < -0.3 is 19.6 Å². The van der Waals surface area contributed by atoms with E-state index in [2.05, 4.69) is 0 Å². The molecule has 2 aliphatic heterocycles. The number of piperidine rings is 1. The van der Waals surface area contributed by atoms with Crippen molar-refractivity contribution in [3.05, 3.63) is 35.6 Å². The van der Waals surface area contributed by atoms with Crippen LogP contribution in [0.4, 0.5) is 4.39 Å². The third-order valence-electron chi connectivity index (χ3n) is 5.52. The average Bonchev–Trinajstić information content (AvgIpc) is 3.12. The molecule has 1 aromatic carbocycles. The van der Waals surface area contributed by atoms with Crippen LogP contribution in [0.1, 0.15) is 31.7 Å². The summed E-state index contributed by atoms with van der Waals surface area (Å²) in [4.78, 5) is 39.1. The van der Waals surface area contributed by atoms with Crippen molar-refractivity contribution in [3.63, 3.8) is 0 Å². The lowest BCUT2D eigenvalue weighted by molar-refractivity contribution is -0.151. The maximum Gasteiger partial charge on any atom is 0.326 e. The Kier molecular flexibility index (Phi) is 6.28. The van der Waals surface area contributed by atoms with Crippen LogP contribution >= 0.6 is 0 Å². The van der Waals surface area contributed by atoms with Crippen molar-refractivity contribution in [3.8, 4) is 0 Å². The van der Waals surface area contributed by atoms with Gasteiger partial charge in [-0.1, -0.05) is 12.1 Å². The van der Waals surface area contributed by atoms with Crippen molar-refractivity contribution in [2.75, 3.05) is 19.6 Å². The smallest absolute Gasteiger partial charge is 0.326 e. The fourth-order valence-electron chi connectivity index (χ4n) is 3.87. The largest absolute Gasteiger partial charge is 0.480 e. The summed E-state index contributed by atoms with van der Waals surface area (Å²) in [5.74, 6) is -1.83. The molecule has 2 aliphatic rings. The molecule has 8 heteroatoms. The van der Waals surface area contributed by atoms with Crippen LogP contribution in [0.25, 0.3) is 0 Å². The molecular formula is C20H25FN2O5. The van der Waals surface area contributed by atoms with E-state index in [0.717, 1.165) is 5.56 Å². The van der Waals surface area contributed by atoms with Gasteiger partial charge in [-0.15, -0.1) is 0 Å². The summed E-state index contributed by atoms with van der Waals surface area (Å²) in [6.45, 7) is 3.00. The van der Waals surface area contributed by atoms with E-state index in [0.29, 0.717) is 25.9 Å². The number of carboxylic acids is 1. The molecule has 2 saturated heterocycles. The minimum atomic E-state index is -1.04. The van der Waals surface area contributed by atoms with Gasteiger partial charge in [-0.25, -0.2) is 9.18 Å². The molecule has 7 nitrogen and oxygen atoms in total. The van der Waals surface area contributed by atoms with Gasteiger partial charge in [-0.05, 0) is 30.5 Å². The molecule has 0 aliphatic carbocycles. The number of ether oxygens (including phenoxy) is 1. The zero-order valence-corrected chi connectivity index (χ0v) is 15.8. The number of halogens is 1. The van der Waals surface area contributed by atoms with E-state index in [-0.39, 0.29) is 49.2 Å². The van der Waals surface area contributed by atoms with Gasteiger partial charge in [0, 0.05) is 38.9 Å². The Hall–Kier alpha value is -2.48. The zero-order valence-electron chi connectivity index (χ0n) is 15.8. The van der Waals surface area contributed by atoms with Gasteiger partial charge >= 0.3 is 5.97 Å². The number of carbonyl (C=O) groups is 3. The van der Waals surface area contributed by atoms with E-state index in [1.54, 1.807) is 17.0 Å². The normalized spacial score (nSPS) is 23.1. The Morgan fingerprint density at radius 1 is 1.18 bits per heavy atom. The third-order valence-corrected chi connectivity index (χ3v) is 5.52. The third kappa shape index (κ3) is 4.67. The molecule has 28 heavy (non-hydrogen) atoms. The fourth-order valence-corrected chi connectivity index (χ4v) is 3.87. The molecule has 3 rings (SSSR count). The fraction of sp³-hybridized carbons (Fsp3) is 0.550. The van der Waals surface area contributed by atoms with Gasteiger partial charge in [0.25, 0.3) is 0 Å². The summed E-state index contributed by atoms with van der Waals surface area (Å²) >= 11 is 0. The summed E-state index contributed by atoms with van der Waals surface area (Å²) in [5.41, 5.74) is 0.787. The second-order valence-corrected chi connectivity index (χ2v) is 7.42. The van der Waals surface area contributed by atoms with Gasteiger partial charge in [0.2, 0.25) is 11.8 Å². The van der Waals surface area contributed by atoms with Crippen LogP contribution in [0.15, 0.2) is 24.3 Å². The molecule has 0 aromatic heterocycles. The number of nitrogens with zero attached hydrogens (tertiary/aromatic N) is 2. The highest BCUT2D eigenvalue weighted by atomic mass is 19.1. The molecular weight excluding hydrogens is 367 g/mol. The van der Waals surface area contributed by atoms with Crippen molar-refractivity contribution in [2.45, 2.75) is 44.9 Å². The van der Waals surface area contributed by atoms with E-state index in [1.165, 1.54) is 24.0 Å². The number of rotatable bonds is 5. The Bertz CT molecular complexity index is 731. The predicted molar refractivity (Wildman–Crippen MR) is 97.7 cm³/mol. The molecule has 2 atom stereocenters. The van der Waals surface area contributed by atoms with Gasteiger partial charge in [0.15, 0.2) is 0 Å². The van der Waals surface area contributed by atoms with E-state index in [4.69, 9.17) is 4.74 Å². The topological polar surface area (TPSA) is 87.2 Å². The minimum Gasteiger partial charge on any atom is -0.480 e. The van der Waals surface area contributed by atoms with Crippen molar-refractivity contribution in [1.82, 2.24) is 9.80 Å². The lowest BCUT2D eigenvalue weighted by Crippen LogP contribution is -2.47. The minimum absolute atomic E-state index is 0.00950. The number of carbonyl (C=O) groups excluding carboxylic acids is 2. The summed E-state index contributed by atoms with van der Waals surface area (Å²) in [6.07, 6.45) is 0.937. The molecule has 0 saturated carbocycles. The molecule has 0 spiro atoms. The quantitative estimate of drug-likeness (QED) is 0.824. The lowest BCUT2D eigenvalue weighted by Gasteiger charge is -2.33. The first kappa shape index (κ1) is 20.3. The van der Waals surface area contributed by atoms with Crippen LogP contribution in [0.2, 0.25) is 0 Å². The summed E-state index contributed by atoms with van der Waals surface area (Å²) in [6, 6.07) is 5.01. The van der Waals surface area contributed by atoms with E-state index in [9.17, 15) is 23.9 Å². The first-order chi connectivity index (χ1) is 13.3. The van der Waals surface area contributed by atoms with Crippen LogP contribution in [0.5, 0.6) is 0 Å². The molecule has 2 fully saturated rings. The van der Waals surface area contributed by atoms with E-state index < -0.39 is 12.0 Å². The van der Waals surface area contributed by atoms with E-state index >= 15 is 0 Å². The molecule has 0 bridgehead atoms. The molecule has 0 radical (unpaired) electrons. The van der Waals surface area contributed by atoms with Crippen molar-refractivity contribution < 1.29 is 28.6 Å². The van der Waals surface area contributed by atoms with Gasteiger partial charge in [-0.2, -0.15) is 0 Å². The van der Waals surface area contributed by atoms with Crippen LogP contribution in [-0.4, -0.2) is 64.5 Å². The number of benzene rings is 1. The molecule has 2 amide bonds. The summed E-state index contributed by atoms with van der Waals surface area (Å²) in [5, 5.41) is 9.54. The van der Waals surface area contributed by atoms with E-state index in [1.807, 2.05) is 0 Å². The Balaban J connectivity index is 1.58. The Morgan fingerprint density at radius 3 is 2.39 bits per heavy atom. The van der Waals surface area contributed by atoms with Crippen LogP contribution in [0.3, 0.4) is 0 Å². The number of carboxylic acid groups (broad SMARTS) is 1. The Labute approximate surface area is 163 Å².